The summed E-state index contributed by atoms with van der Waals surface area (Å²) >= 11 is 0. The summed E-state index contributed by atoms with van der Waals surface area (Å²) in [6.07, 6.45) is 3.10. The van der Waals surface area contributed by atoms with Gasteiger partial charge in [-0.05, 0) is 18.2 Å². The molecule has 7 nitrogen and oxygen atoms in total. The second-order valence-electron chi connectivity index (χ2n) is 5.04. The largest absolute Gasteiger partial charge is 0.477 e. The smallest absolute Gasteiger partial charge is 0.352 e. The van der Waals surface area contributed by atoms with E-state index in [1.54, 1.807) is 29.2 Å². The minimum Gasteiger partial charge on any atom is -0.477 e. The molecular formula is C16H12N4O3. The lowest BCUT2D eigenvalue weighted by molar-refractivity contribution is -0.132. The summed E-state index contributed by atoms with van der Waals surface area (Å²) < 4.78 is 7.04. The molecule has 2 N–H and O–H groups in total. The summed E-state index contributed by atoms with van der Waals surface area (Å²) in [6, 6.07) is 12.6. The molecule has 4 rings (SSSR count). The van der Waals surface area contributed by atoms with Gasteiger partial charge in [-0.3, -0.25) is 0 Å². The van der Waals surface area contributed by atoms with Crippen LogP contribution in [0.4, 0.5) is 5.95 Å². The molecule has 0 spiro atoms. The van der Waals surface area contributed by atoms with Gasteiger partial charge >= 0.3 is 5.97 Å². The van der Waals surface area contributed by atoms with Crippen LogP contribution >= 0.6 is 0 Å². The molecule has 1 atom stereocenters. The fraction of sp³-hybridized carbons (Fsp3) is 0.0625. The SMILES string of the molecule is O=C(O)C1=C[C@H](c2ccco2)n2nc(-c3ccccc3)nc2N1. The van der Waals surface area contributed by atoms with Crippen LogP contribution in [-0.2, 0) is 4.79 Å². The van der Waals surface area contributed by atoms with Gasteiger partial charge in [-0.15, -0.1) is 5.10 Å². The Morgan fingerprint density at radius 2 is 2.04 bits per heavy atom. The number of rotatable bonds is 3. The van der Waals surface area contributed by atoms with E-state index >= 15 is 0 Å². The quantitative estimate of drug-likeness (QED) is 0.772. The third-order valence-corrected chi connectivity index (χ3v) is 3.56. The standard InChI is InChI=1S/C16H12N4O3/c21-15(22)11-9-12(13-7-4-8-23-13)20-16(17-11)18-14(19-20)10-5-2-1-3-6-10/h1-9,12H,(H,21,22)(H,17,18,19)/t12-/m1/s1. The van der Waals surface area contributed by atoms with E-state index in [0.29, 0.717) is 17.5 Å². The molecule has 0 saturated carbocycles. The first-order chi connectivity index (χ1) is 11.2. The molecule has 1 aromatic carbocycles. The minimum atomic E-state index is -1.06. The second kappa shape index (κ2) is 5.13. The van der Waals surface area contributed by atoms with E-state index in [1.807, 2.05) is 30.3 Å². The summed E-state index contributed by atoms with van der Waals surface area (Å²) in [5.41, 5.74) is 0.900. The lowest BCUT2D eigenvalue weighted by Crippen LogP contribution is -2.24. The number of allylic oxidation sites excluding steroid dienone is 1. The number of hydrogen-bond acceptors (Lipinski definition) is 5. The molecule has 23 heavy (non-hydrogen) atoms. The fourth-order valence-electron chi connectivity index (χ4n) is 2.49. The van der Waals surface area contributed by atoms with Crippen molar-refractivity contribution in [3.8, 4) is 11.4 Å². The van der Waals surface area contributed by atoms with Crippen molar-refractivity contribution >= 4 is 11.9 Å². The Balaban J connectivity index is 1.83. The molecular weight excluding hydrogens is 296 g/mol. The van der Waals surface area contributed by atoms with Crippen molar-refractivity contribution in [1.29, 1.82) is 0 Å². The van der Waals surface area contributed by atoms with Crippen molar-refractivity contribution in [3.05, 3.63) is 66.3 Å². The van der Waals surface area contributed by atoms with Crippen molar-refractivity contribution in [2.45, 2.75) is 6.04 Å². The predicted octanol–water partition coefficient (Wildman–Crippen LogP) is 2.52. The van der Waals surface area contributed by atoms with Crippen LogP contribution in [0.3, 0.4) is 0 Å². The third kappa shape index (κ3) is 2.28. The number of aliphatic carboxylic acids is 1. The molecule has 1 aliphatic heterocycles. The predicted molar refractivity (Wildman–Crippen MR) is 81.6 cm³/mol. The zero-order chi connectivity index (χ0) is 15.8. The van der Waals surface area contributed by atoms with Gasteiger partial charge < -0.3 is 14.8 Å². The number of nitrogens with zero attached hydrogens (tertiary/aromatic N) is 3. The van der Waals surface area contributed by atoms with E-state index in [-0.39, 0.29) is 5.70 Å². The van der Waals surface area contributed by atoms with E-state index < -0.39 is 12.0 Å². The van der Waals surface area contributed by atoms with Crippen LogP contribution in [0.2, 0.25) is 0 Å². The number of furan rings is 1. The highest BCUT2D eigenvalue weighted by molar-refractivity contribution is 5.90. The van der Waals surface area contributed by atoms with Gasteiger partial charge in [-0.1, -0.05) is 30.3 Å². The zero-order valence-electron chi connectivity index (χ0n) is 11.9. The van der Waals surface area contributed by atoms with Gasteiger partial charge in [0.15, 0.2) is 5.82 Å². The second-order valence-corrected chi connectivity index (χ2v) is 5.04. The van der Waals surface area contributed by atoms with Crippen molar-refractivity contribution in [3.63, 3.8) is 0 Å². The molecule has 0 unspecified atom stereocenters. The minimum absolute atomic E-state index is 0.0471. The third-order valence-electron chi connectivity index (χ3n) is 3.56. The van der Waals surface area contributed by atoms with Gasteiger partial charge in [-0.2, -0.15) is 4.98 Å². The van der Waals surface area contributed by atoms with Crippen LogP contribution in [0.15, 0.2) is 64.9 Å². The van der Waals surface area contributed by atoms with E-state index in [9.17, 15) is 9.90 Å². The number of benzene rings is 1. The maximum Gasteiger partial charge on any atom is 0.352 e. The summed E-state index contributed by atoms with van der Waals surface area (Å²) in [6.45, 7) is 0. The monoisotopic (exact) mass is 308 g/mol. The Hall–Kier alpha value is -3.35. The maximum atomic E-state index is 11.3. The molecule has 0 amide bonds. The molecule has 3 aromatic rings. The number of fused-ring (bicyclic) bond motifs is 1. The Morgan fingerprint density at radius 1 is 1.22 bits per heavy atom. The highest BCUT2D eigenvalue weighted by Crippen LogP contribution is 2.31. The van der Waals surface area contributed by atoms with E-state index in [2.05, 4.69) is 15.4 Å². The van der Waals surface area contributed by atoms with Crippen molar-refractivity contribution in [1.82, 2.24) is 14.8 Å². The first-order valence-corrected chi connectivity index (χ1v) is 7.00. The highest BCUT2D eigenvalue weighted by Gasteiger charge is 2.28. The van der Waals surface area contributed by atoms with Crippen molar-refractivity contribution < 1.29 is 14.3 Å². The van der Waals surface area contributed by atoms with Gasteiger partial charge in [0.1, 0.15) is 17.5 Å². The fourth-order valence-corrected chi connectivity index (χ4v) is 2.49. The number of nitrogens with one attached hydrogen (secondary N) is 1. The molecule has 2 aromatic heterocycles. The number of aromatic nitrogens is 3. The Labute approximate surface area is 130 Å². The van der Waals surface area contributed by atoms with Gasteiger partial charge in [0, 0.05) is 5.56 Å². The van der Waals surface area contributed by atoms with E-state index in [4.69, 9.17) is 4.42 Å². The maximum absolute atomic E-state index is 11.3. The lowest BCUT2D eigenvalue weighted by Gasteiger charge is -2.20. The summed E-state index contributed by atoms with van der Waals surface area (Å²) in [4.78, 5) is 15.7. The van der Waals surface area contributed by atoms with Crippen molar-refractivity contribution in [2.75, 3.05) is 5.32 Å². The molecule has 0 aliphatic carbocycles. The van der Waals surface area contributed by atoms with Crippen LogP contribution in [-0.4, -0.2) is 25.8 Å². The molecule has 0 bridgehead atoms. The number of carbonyl (C=O) groups is 1. The summed E-state index contributed by atoms with van der Waals surface area (Å²) in [5.74, 6) is 0.419. The Kier molecular flexibility index (Phi) is 2.97. The first-order valence-electron chi connectivity index (χ1n) is 7.00. The van der Waals surface area contributed by atoms with Crippen molar-refractivity contribution in [2.24, 2.45) is 0 Å². The topological polar surface area (TPSA) is 93.2 Å². The highest BCUT2D eigenvalue weighted by atomic mass is 16.4. The normalized spacial score (nSPS) is 16.3. The van der Waals surface area contributed by atoms with E-state index in [1.165, 1.54) is 0 Å². The van der Waals surface area contributed by atoms with Crippen LogP contribution in [0.25, 0.3) is 11.4 Å². The average molecular weight is 308 g/mol. The van der Waals surface area contributed by atoms with Gasteiger partial charge in [0.05, 0.1) is 6.26 Å². The first kappa shape index (κ1) is 13.3. The molecule has 0 saturated heterocycles. The van der Waals surface area contributed by atoms with Gasteiger partial charge in [0.2, 0.25) is 5.95 Å². The van der Waals surface area contributed by atoms with Crippen LogP contribution < -0.4 is 5.32 Å². The molecule has 3 heterocycles. The average Bonchev–Trinajstić information content (AvgIpc) is 3.24. The van der Waals surface area contributed by atoms with Crippen LogP contribution in [0, 0.1) is 0 Å². The van der Waals surface area contributed by atoms with E-state index in [0.717, 1.165) is 5.56 Å². The summed E-state index contributed by atoms with van der Waals surface area (Å²) in [5, 5.41) is 16.6. The van der Waals surface area contributed by atoms with Crippen LogP contribution in [0.1, 0.15) is 11.8 Å². The number of hydrogen-bond donors (Lipinski definition) is 2. The van der Waals surface area contributed by atoms with Gasteiger partial charge in [-0.25, -0.2) is 9.48 Å². The lowest BCUT2D eigenvalue weighted by atomic mass is 10.1. The number of carboxylic acid groups (broad SMARTS) is 1. The van der Waals surface area contributed by atoms with Crippen LogP contribution in [0.5, 0.6) is 0 Å². The molecule has 0 fully saturated rings. The zero-order valence-corrected chi connectivity index (χ0v) is 11.9. The van der Waals surface area contributed by atoms with Gasteiger partial charge in [0.25, 0.3) is 0 Å². The molecule has 114 valence electrons. The number of carboxylic acids is 1. The molecule has 7 heteroatoms. The summed E-state index contributed by atoms with van der Waals surface area (Å²) in [7, 11) is 0. The Bertz CT molecular complexity index is 881. The molecule has 0 radical (unpaired) electrons. The molecule has 1 aliphatic rings. The Morgan fingerprint density at radius 3 is 2.74 bits per heavy atom. The number of anilines is 1.